The highest BCUT2D eigenvalue weighted by atomic mass is 15.1. The van der Waals surface area contributed by atoms with Gasteiger partial charge < -0.3 is 4.90 Å². The molecular weight excluding hydrogens is 603 g/mol. The third kappa shape index (κ3) is 5.38. The lowest BCUT2D eigenvalue weighted by Crippen LogP contribution is -2.18. The molecule has 0 aliphatic heterocycles. The fourth-order valence-electron chi connectivity index (χ4n) is 9.82. The van der Waals surface area contributed by atoms with Crippen LogP contribution in [0.25, 0.3) is 33.0 Å². The summed E-state index contributed by atoms with van der Waals surface area (Å²) < 4.78 is 0. The van der Waals surface area contributed by atoms with Crippen LogP contribution >= 0.6 is 0 Å². The second-order valence-corrected chi connectivity index (χ2v) is 15.8. The van der Waals surface area contributed by atoms with Gasteiger partial charge in [0, 0.05) is 22.2 Å². The molecule has 9 rings (SSSR count). The van der Waals surface area contributed by atoms with Crippen LogP contribution in [0.4, 0.5) is 17.1 Å². The van der Waals surface area contributed by atoms with Crippen LogP contribution in [0.15, 0.2) is 127 Å². The summed E-state index contributed by atoms with van der Waals surface area (Å²) >= 11 is 0. The summed E-state index contributed by atoms with van der Waals surface area (Å²) in [5.74, 6) is 1.24. The summed E-state index contributed by atoms with van der Waals surface area (Å²) in [6.45, 7) is 4.80. The molecule has 2 fully saturated rings. The molecule has 0 aromatic heterocycles. The Kier molecular flexibility index (Phi) is 8.11. The summed E-state index contributed by atoms with van der Waals surface area (Å²) in [5.41, 5.74) is 15.1. The zero-order chi connectivity index (χ0) is 33.7. The molecule has 50 heavy (non-hydrogen) atoms. The van der Waals surface area contributed by atoms with E-state index in [1.165, 1.54) is 137 Å². The van der Waals surface area contributed by atoms with Gasteiger partial charge in [0.25, 0.3) is 0 Å². The first-order chi connectivity index (χ1) is 24.6. The third-order valence-electron chi connectivity index (χ3n) is 12.5. The van der Waals surface area contributed by atoms with E-state index in [0.29, 0.717) is 11.8 Å². The summed E-state index contributed by atoms with van der Waals surface area (Å²) in [5, 5.41) is 2.64. The van der Waals surface area contributed by atoms with Crippen LogP contribution in [0.3, 0.4) is 0 Å². The minimum absolute atomic E-state index is 0.0642. The molecule has 0 radical (unpaired) electrons. The first-order valence-corrected chi connectivity index (χ1v) is 19.3. The zero-order valence-corrected chi connectivity index (χ0v) is 29.8. The lowest BCUT2D eigenvalue weighted by Gasteiger charge is -2.34. The molecule has 3 aliphatic carbocycles. The lowest BCUT2D eigenvalue weighted by atomic mass is 9.81. The molecular formula is C49H49N. The molecule has 0 heterocycles. The maximum absolute atomic E-state index is 2.61. The van der Waals surface area contributed by atoms with Crippen LogP contribution in [-0.2, 0) is 5.41 Å². The number of benzene rings is 6. The van der Waals surface area contributed by atoms with Crippen LogP contribution in [0.2, 0.25) is 0 Å². The Bertz CT molecular complexity index is 2160. The molecule has 3 aliphatic rings. The fraction of sp³-hybridized carbons (Fsp3) is 0.306. The van der Waals surface area contributed by atoms with Crippen molar-refractivity contribution >= 4 is 27.8 Å². The second kappa shape index (κ2) is 12.9. The molecule has 0 amide bonds. The first-order valence-electron chi connectivity index (χ1n) is 19.3. The predicted octanol–water partition coefficient (Wildman–Crippen LogP) is 14.4. The van der Waals surface area contributed by atoms with Gasteiger partial charge in [0.15, 0.2) is 0 Å². The Balaban J connectivity index is 1.23. The zero-order valence-electron chi connectivity index (χ0n) is 29.8. The second-order valence-electron chi connectivity index (χ2n) is 15.8. The Morgan fingerprint density at radius 3 is 1.84 bits per heavy atom. The quantitative estimate of drug-likeness (QED) is 0.173. The molecule has 1 nitrogen and oxygen atoms in total. The number of anilines is 3. The molecule has 2 saturated carbocycles. The predicted molar refractivity (Wildman–Crippen MR) is 213 cm³/mol. The minimum atomic E-state index is -0.0642. The van der Waals surface area contributed by atoms with Crippen LogP contribution in [0.1, 0.15) is 112 Å². The summed E-state index contributed by atoms with van der Waals surface area (Å²) in [6, 6.07) is 48.9. The van der Waals surface area contributed by atoms with Crippen molar-refractivity contribution in [1.29, 1.82) is 0 Å². The molecule has 0 unspecified atom stereocenters. The van der Waals surface area contributed by atoms with E-state index in [9.17, 15) is 0 Å². The van der Waals surface area contributed by atoms with Gasteiger partial charge in [-0.15, -0.1) is 0 Å². The maximum Gasteiger partial charge on any atom is 0.0574 e. The number of fused-ring (bicyclic) bond motifs is 4. The number of rotatable bonds is 6. The van der Waals surface area contributed by atoms with Gasteiger partial charge in [0.05, 0.1) is 5.69 Å². The minimum Gasteiger partial charge on any atom is -0.310 e. The van der Waals surface area contributed by atoms with E-state index in [4.69, 9.17) is 0 Å². The van der Waals surface area contributed by atoms with E-state index in [0.717, 1.165) is 0 Å². The van der Waals surface area contributed by atoms with E-state index in [2.05, 4.69) is 146 Å². The number of hydrogen-bond donors (Lipinski definition) is 0. The normalized spacial score (nSPS) is 17.4. The molecule has 6 aromatic rings. The highest BCUT2D eigenvalue weighted by molar-refractivity contribution is 6.01. The Hall–Kier alpha value is -4.62. The van der Waals surface area contributed by atoms with Gasteiger partial charge in [-0.3, -0.25) is 0 Å². The van der Waals surface area contributed by atoms with E-state index in [1.807, 2.05) is 0 Å². The molecule has 6 aromatic carbocycles. The van der Waals surface area contributed by atoms with Gasteiger partial charge in [-0.2, -0.15) is 0 Å². The SMILES string of the molecule is CC1(C)c2ccccc2-c2ccc(N(c3ccc(-c4ccccc4C4CCCCC4)cc3)c3c(C4CCCCC4)ccc4ccccc34)cc21. The first kappa shape index (κ1) is 31.4. The van der Waals surface area contributed by atoms with Gasteiger partial charge in [0.2, 0.25) is 0 Å². The van der Waals surface area contributed by atoms with Crippen molar-refractivity contribution < 1.29 is 0 Å². The molecule has 0 saturated heterocycles. The molecule has 1 heteroatoms. The van der Waals surface area contributed by atoms with Gasteiger partial charge in [-0.25, -0.2) is 0 Å². The molecule has 0 N–H and O–H groups in total. The standard InChI is InChI=1S/C49H49N/c1-49(2)46-24-14-13-23-44(46)45-32-30-39(33-47(45)49)50(48-42-22-10-9-19-36(42)27-31-43(48)35-17-7-4-8-18-35)38-28-25-37(26-29-38)41-21-12-11-20-40(41)34-15-5-3-6-16-34/h9-14,19-35H,3-8,15-18H2,1-2H3. The van der Waals surface area contributed by atoms with Crippen molar-refractivity contribution in [3.63, 3.8) is 0 Å². The third-order valence-corrected chi connectivity index (χ3v) is 12.5. The van der Waals surface area contributed by atoms with E-state index < -0.39 is 0 Å². The van der Waals surface area contributed by atoms with Crippen LogP contribution in [-0.4, -0.2) is 0 Å². The highest BCUT2D eigenvalue weighted by Crippen LogP contribution is 2.52. The van der Waals surface area contributed by atoms with Crippen molar-refractivity contribution in [3.05, 3.63) is 150 Å². The lowest BCUT2D eigenvalue weighted by molar-refractivity contribution is 0.444. The van der Waals surface area contributed by atoms with Gasteiger partial charge in [-0.1, -0.05) is 156 Å². The van der Waals surface area contributed by atoms with Crippen LogP contribution in [0, 0.1) is 0 Å². The molecule has 0 bridgehead atoms. The highest BCUT2D eigenvalue weighted by Gasteiger charge is 2.36. The summed E-state index contributed by atoms with van der Waals surface area (Å²) in [6.07, 6.45) is 13.2. The summed E-state index contributed by atoms with van der Waals surface area (Å²) in [7, 11) is 0. The van der Waals surface area contributed by atoms with Gasteiger partial charge in [0.1, 0.15) is 0 Å². The molecule has 0 atom stereocenters. The Morgan fingerprint density at radius 1 is 0.480 bits per heavy atom. The topological polar surface area (TPSA) is 3.24 Å². The molecule has 250 valence electrons. The van der Waals surface area contributed by atoms with Crippen molar-refractivity contribution in [2.45, 2.75) is 95.3 Å². The Morgan fingerprint density at radius 2 is 1.08 bits per heavy atom. The number of nitrogens with zero attached hydrogens (tertiary/aromatic N) is 1. The van der Waals surface area contributed by atoms with Crippen molar-refractivity contribution in [3.8, 4) is 22.3 Å². The smallest absolute Gasteiger partial charge is 0.0574 e. The Labute approximate surface area is 299 Å². The van der Waals surface area contributed by atoms with Crippen molar-refractivity contribution in [2.24, 2.45) is 0 Å². The van der Waals surface area contributed by atoms with E-state index in [-0.39, 0.29) is 5.41 Å². The van der Waals surface area contributed by atoms with E-state index >= 15 is 0 Å². The number of hydrogen-bond acceptors (Lipinski definition) is 1. The maximum atomic E-state index is 2.61. The van der Waals surface area contributed by atoms with Gasteiger partial charge >= 0.3 is 0 Å². The van der Waals surface area contributed by atoms with Crippen LogP contribution < -0.4 is 4.90 Å². The monoisotopic (exact) mass is 651 g/mol. The van der Waals surface area contributed by atoms with Crippen molar-refractivity contribution in [2.75, 3.05) is 4.90 Å². The van der Waals surface area contributed by atoms with Crippen LogP contribution in [0.5, 0.6) is 0 Å². The largest absolute Gasteiger partial charge is 0.310 e. The average Bonchev–Trinajstić information content (AvgIpc) is 3.41. The van der Waals surface area contributed by atoms with E-state index in [1.54, 1.807) is 0 Å². The van der Waals surface area contributed by atoms with Gasteiger partial charge in [-0.05, 0) is 112 Å². The fourth-order valence-corrected chi connectivity index (χ4v) is 9.82. The van der Waals surface area contributed by atoms with Crippen molar-refractivity contribution in [1.82, 2.24) is 0 Å². The summed E-state index contributed by atoms with van der Waals surface area (Å²) in [4.78, 5) is 2.61. The molecule has 0 spiro atoms. The average molecular weight is 652 g/mol.